The molecule has 0 fully saturated rings. The van der Waals surface area contributed by atoms with E-state index in [2.05, 4.69) is 51.7 Å². The van der Waals surface area contributed by atoms with Crippen LogP contribution in [0, 0.1) is 5.92 Å². The molecule has 0 spiro atoms. The largest absolute Gasteiger partial charge is 0.326 e. The maximum atomic E-state index is 6.36. The second kappa shape index (κ2) is 8.77. The molecule has 0 aliphatic rings. The van der Waals surface area contributed by atoms with E-state index in [0.717, 1.165) is 24.4 Å². The number of hydrogen-bond donors (Lipinski definition) is 1. The number of nitrogens with two attached hydrogens (primary N) is 1. The van der Waals surface area contributed by atoms with Gasteiger partial charge in [0.25, 0.3) is 0 Å². The van der Waals surface area contributed by atoms with Crippen LogP contribution in [0.5, 0.6) is 0 Å². The summed E-state index contributed by atoms with van der Waals surface area (Å²) in [6.07, 6.45) is 2.31. The molecule has 1 aromatic carbocycles. The predicted molar refractivity (Wildman–Crippen MR) is 93.8 cm³/mol. The Balaban J connectivity index is 3.15. The van der Waals surface area contributed by atoms with Gasteiger partial charge in [-0.3, -0.25) is 4.90 Å². The minimum absolute atomic E-state index is 0.0884. The van der Waals surface area contributed by atoms with Gasteiger partial charge in [0.2, 0.25) is 0 Å². The molecule has 1 aromatic rings. The van der Waals surface area contributed by atoms with Crippen LogP contribution in [0.15, 0.2) is 24.3 Å². The number of hydrogen-bond acceptors (Lipinski definition) is 2. The molecule has 120 valence electrons. The minimum atomic E-state index is 0.0884. The van der Waals surface area contributed by atoms with E-state index in [1.165, 1.54) is 5.56 Å². The van der Waals surface area contributed by atoms with Gasteiger partial charge >= 0.3 is 0 Å². The fourth-order valence-electron chi connectivity index (χ4n) is 3.13. The lowest BCUT2D eigenvalue weighted by molar-refractivity contribution is 0.0955. The van der Waals surface area contributed by atoms with Gasteiger partial charge < -0.3 is 5.73 Å². The second-order valence-corrected chi connectivity index (χ2v) is 6.85. The van der Waals surface area contributed by atoms with E-state index in [1.54, 1.807) is 0 Å². The molecule has 0 aliphatic heterocycles. The van der Waals surface area contributed by atoms with E-state index in [4.69, 9.17) is 17.3 Å². The van der Waals surface area contributed by atoms with Crippen molar-refractivity contribution in [2.24, 2.45) is 11.7 Å². The summed E-state index contributed by atoms with van der Waals surface area (Å²) in [7, 11) is 0. The second-order valence-electron chi connectivity index (χ2n) is 6.42. The molecule has 0 saturated carbocycles. The summed E-state index contributed by atoms with van der Waals surface area (Å²) in [6, 6.07) is 9.07. The first-order valence-corrected chi connectivity index (χ1v) is 8.55. The van der Waals surface area contributed by atoms with E-state index in [-0.39, 0.29) is 12.1 Å². The minimum Gasteiger partial charge on any atom is -0.326 e. The summed E-state index contributed by atoms with van der Waals surface area (Å²) in [5.41, 5.74) is 7.62. The Labute approximate surface area is 135 Å². The van der Waals surface area contributed by atoms with Gasteiger partial charge in [0.15, 0.2) is 0 Å². The lowest BCUT2D eigenvalue weighted by Gasteiger charge is -2.41. The van der Waals surface area contributed by atoms with E-state index in [9.17, 15) is 0 Å². The van der Waals surface area contributed by atoms with Crippen LogP contribution < -0.4 is 5.73 Å². The van der Waals surface area contributed by atoms with Gasteiger partial charge in [0, 0.05) is 29.7 Å². The molecule has 0 saturated heterocycles. The standard InChI is InChI=1S/C18H31ClN2/c1-6-17(7-2)21(12-13(3)4)18(14(5)20)15-8-10-16(19)11-9-15/h8-11,13-14,17-18H,6-7,12,20H2,1-5H3. The van der Waals surface area contributed by atoms with Crippen molar-refractivity contribution in [3.05, 3.63) is 34.9 Å². The molecule has 0 aromatic heterocycles. The molecular weight excluding hydrogens is 280 g/mol. The number of benzene rings is 1. The summed E-state index contributed by atoms with van der Waals surface area (Å²) in [4.78, 5) is 2.60. The lowest BCUT2D eigenvalue weighted by atomic mass is 9.94. The summed E-state index contributed by atoms with van der Waals surface area (Å²) in [5.74, 6) is 0.624. The van der Waals surface area contributed by atoms with Gasteiger partial charge in [-0.15, -0.1) is 0 Å². The first kappa shape index (κ1) is 18.5. The van der Waals surface area contributed by atoms with Crippen molar-refractivity contribution in [1.29, 1.82) is 0 Å². The Morgan fingerprint density at radius 3 is 1.95 bits per heavy atom. The summed E-state index contributed by atoms with van der Waals surface area (Å²) < 4.78 is 0. The maximum absolute atomic E-state index is 6.36. The van der Waals surface area contributed by atoms with Crippen molar-refractivity contribution in [1.82, 2.24) is 4.90 Å². The third-order valence-electron chi connectivity index (χ3n) is 4.05. The summed E-state index contributed by atoms with van der Waals surface area (Å²) in [5, 5.41) is 0.778. The molecular formula is C18H31ClN2. The molecule has 0 amide bonds. The Kier molecular flexibility index (Phi) is 7.72. The van der Waals surface area contributed by atoms with E-state index < -0.39 is 0 Å². The van der Waals surface area contributed by atoms with Gasteiger partial charge in [0.1, 0.15) is 0 Å². The number of rotatable bonds is 8. The van der Waals surface area contributed by atoms with Crippen molar-refractivity contribution in [2.45, 2.75) is 65.6 Å². The molecule has 1 rings (SSSR count). The van der Waals surface area contributed by atoms with Crippen LogP contribution in [-0.4, -0.2) is 23.5 Å². The Bertz CT molecular complexity index is 396. The SMILES string of the molecule is CCC(CC)N(CC(C)C)C(c1ccc(Cl)cc1)C(C)N. The molecule has 3 heteroatoms. The maximum Gasteiger partial charge on any atom is 0.0499 e. The van der Waals surface area contributed by atoms with Crippen LogP contribution in [0.2, 0.25) is 5.02 Å². The molecule has 21 heavy (non-hydrogen) atoms. The fourth-order valence-corrected chi connectivity index (χ4v) is 3.25. The van der Waals surface area contributed by atoms with Crippen LogP contribution >= 0.6 is 11.6 Å². The molecule has 2 N–H and O–H groups in total. The van der Waals surface area contributed by atoms with E-state index in [0.29, 0.717) is 12.0 Å². The molecule has 2 atom stereocenters. The van der Waals surface area contributed by atoms with Crippen LogP contribution in [0.1, 0.15) is 59.1 Å². The molecule has 0 bridgehead atoms. The fraction of sp³-hybridized carbons (Fsp3) is 0.667. The monoisotopic (exact) mass is 310 g/mol. The summed E-state index contributed by atoms with van der Waals surface area (Å²) in [6.45, 7) is 12.3. The van der Waals surface area contributed by atoms with Gasteiger partial charge in [-0.25, -0.2) is 0 Å². The lowest BCUT2D eigenvalue weighted by Crippen LogP contribution is -2.46. The van der Waals surface area contributed by atoms with Gasteiger partial charge in [-0.1, -0.05) is 51.4 Å². The van der Waals surface area contributed by atoms with Crippen molar-refractivity contribution < 1.29 is 0 Å². The average molecular weight is 311 g/mol. The topological polar surface area (TPSA) is 29.3 Å². The van der Waals surface area contributed by atoms with E-state index in [1.807, 2.05) is 12.1 Å². The van der Waals surface area contributed by atoms with Crippen LogP contribution in [0.4, 0.5) is 0 Å². The van der Waals surface area contributed by atoms with Crippen molar-refractivity contribution in [3.63, 3.8) is 0 Å². The van der Waals surface area contributed by atoms with Crippen molar-refractivity contribution in [3.8, 4) is 0 Å². The van der Waals surface area contributed by atoms with Crippen LogP contribution in [0.3, 0.4) is 0 Å². The molecule has 2 nitrogen and oxygen atoms in total. The Morgan fingerprint density at radius 2 is 1.57 bits per heavy atom. The van der Waals surface area contributed by atoms with Gasteiger partial charge in [-0.05, 0) is 43.4 Å². The molecule has 0 radical (unpaired) electrons. The predicted octanol–water partition coefficient (Wildman–Crippen LogP) is 4.87. The zero-order chi connectivity index (χ0) is 16.0. The average Bonchev–Trinajstić information content (AvgIpc) is 2.41. The van der Waals surface area contributed by atoms with Gasteiger partial charge in [-0.2, -0.15) is 0 Å². The zero-order valence-electron chi connectivity index (χ0n) is 14.1. The Morgan fingerprint density at radius 1 is 1.05 bits per heavy atom. The normalized spacial score (nSPS) is 15.0. The zero-order valence-corrected chi connectivity index (χ0v) is 14.9. The number of nitrogens with zero attached hydrogens (tertiary/aromatic N) is 1. The molecule has 0 heterocycles. The third-order valence-corrected chi connectivity index (χ3v) is 4.31. The third kappa shape index (κ3) is 5.28. The Hall–Kier alpha value is -0.570. The molecule has 2 unspecified atom stereocenters. The molecule has 0 aliphatic carbocycles. The van der Waals surface area contributed by atoms with Gasteiger partial charge in [0.05, 0.1) is 0 Å². The highest BCUT2D eigenvalue weighted by Crippen LogP contribution is 2.29. The quantitative estimate of drug-likeness (QED) is 0.742. The van der Waals surface area contributed by atoms with Crippen molar-refractivity contribution in [2.75, 3.05) is 6.54 Å². The van der Waals surface area contributed by atoms with Crippen LogP contribution in [-0.2, 0) is 0 Å². The summed E-state index contributed by atoms with van der Waals surface area (Å²) >= 11 is 6.03. The highest BCUT2D eigenvalue weighted by atomic mass is 35.5. The first-order valence-electron chi connectivity index (χ1n) is 8.17. The smallest absolute Gasteiger partial charge is 0.0499 e. The van der Waals surface area contributed by atoms with Crippen molar-refractivity contribution >= 4 is 11.6 Å². The van der Waals surface area contributed by atoms with Crippen LogP contribution in [0.25, 0.3) is 0 Å². The highest BCUT2D eigenvalue weighted by molar-refractivity contribution is 6.30. The van der Waals surface area contributed by atoms with E-state index >= 15 is 0 Å². The first-order chi connectivity index (χ1) is 9.90. The number of halogens is 1. The highest BCUT2D eigenvalue weighted by Gasteiger charge is 2.28.